The number of carbonyl (C=O) groups excluding carboxylic acids is 3. The summed E-state index contributed by atoms with van der Waals surface area (Å²) in [5.41, 5.74) is 0. The topological polar surface area (TPSA) is 78.9 Å². The maximum absolute atomic E-state index is 12.6. The zero-order valence-corrected chi connectivity index (χ0v) is 34.0. The Balaban J connectivity index is 4.16. The van der Waals surface area contributed by atoms with Crippen molar-refractivity contribution >= 4 is 17.9 Å². The van der Waals surface area contributed by atoms with Gasteiger partial charge in [0.15, 0.2) is 6.10 Å². The van der Waals surface area contributed by atoms with Crippen LogP contribution in [0.3, 0.4) is 0 Å². The van der Waals surface area contributed by atoms with Crippen molar-refractivity contribution in [3.8, 4) is 0 Å². The van der Waals surface area contributed by atoms with Crippen LogP contribution < -0.4 is 0 Å². The average Bonchev–Trinajstić information content (AvgIpc) is 3.09. The SMILES string of the molecule is CCCCCCCC(=O)OC[C@H](COC(=O)CCCCCCCCCCCCCCCCC(C)C)OC(=O)CCCCCCCCC(C)CC. The molecule has 0 aliphatic heterocycles. The first-order valence-corrected chi connectivity index (χ1v) is 21.8. The molecule has 0 aromatic carbocycles. The standard InChI is InChI=1S/C44H84O6/c1-6-8-9-22-29-34-42(45)48-37-41(50-44(47)36-31-26-21-20-24-28-33-40(5)7-2)38-49-43(46)35-30-25-19-17-15-13-11-10-12-14-16-18-23-27-32-39(3)4/h39-41H,6-38H2,1-5H3/t40?,41-/m1/s1. The zero-order valence-electron chi connectivity index (χ0n) is 34.0. The summed E-state index contributed by atoms with van der Waals surface area (Å²) in [5.74, 6) is 0.778. The van der Waals surface area contributed by atoms with Crippen LogP contribution in [-0.2, 0) is 28.6 Å². The summed E-state index contributed by atoms with van der Waals surface area (Å²) in [6.45, 7) is 11.2. The molecule has 6 nitrogen and oxygen atoms in total. The van der Waals surface area contributed by atoms with Gasteiger partial charge in [0.05, 0.1) is 0 Å². The summed E-state index contributed by atoms with van der Waals surface area (Å²) < 4.78 is 16.6. The molecule has 0 aliphatic rings. The van der Waals surface area contributed by atoms with Gasteiger partial charge in [0, 0.05) is 19.3 Å². The summed E-state index contributed by atoms with van der Waals surface area (Å²) in [6, 6.07) is 0. The highest BCUT2D eigenvalue weighted by atomic mass is 16.6. The molecule has 0 amide bonds. The van der Waals surface area contributed by atoms with Crippen LogP contribution >= 0.6 is 0 Å². The minimum absolute atomic E-state index is 0.0668. The number of hydrogen-bond acceptors (Lipinski definition) is 6. The molecule has 0 bridgehead atoms. The Morgan fingerprint density at radius 2 is 0.760 bits per heavy atom. The van der Waals surface area contributed by atoms with Gasteiger partial charge in [-0.1, -0.05) is 195 Å². The minimum atomic E-state index is -0.759. The van der Waals surface area contributed by atoms with Gasteiger partial charge in [-0.15, -0.1) is 0 Å². The largest absolute Gasteiger partial charge is 0.462 e. The van der Waals surface area contributed by atoms with E-state index in [4.69, 9.17) is 14.2 Å². The third kappa shape index (κ3) is 36.2. The van der Waals surface area contributed by atoms with E-state index < -0.39 is 6.10 Å². The molecule has 1 unspecified atom stereocenters. The highest BCUT2D eigenvalue weighted by Gasteiger charge is 2.19. The van der Waals surface area contributed by atoms with E-state index >= 15 is 0 Å². The molecule has 0 aromatic heterocycles. The molecule has 0 rings (SSSR count). The number of esters is 3. The summed E-state index contributed by atoms with van der Waals surface area (Å²) in [7, 11) is 0. The van der Waals surface area contributed by atoms with E-state index in [-0.39, 0.29) is 31.1 Å². The molecule has 0 radical (unpaired) electrons. The van der Waals surface area contributed by atoms with Crippen LogP contribution in [0, 0.1) is 11.8 Å². The first-order valence-electron chi connectivity index (χ1n) is 21.8. The Morgan fingerprint density at radius 3 is 1.14 bits per heavy atom. The Hall–Kier alpha value is -1.59. The van der Waals surface area contributed by atoms with Crippen LogP contribution in [0.5, 0.6) is 0 Å². The molecular weight excluding hydrogens is 624 g/mol. The highest BCUT2D eigenvalue weighted by Crippen LogP contribution is 2.17. The Morgan fingerprint density at radius 1 is 0.420 bits per heavy atom. The number of carbonyl (C=O) groups is 3. The zero-order chi connectivity index (χ0) is 36.9. The Bertz CT molecular complexity index is 766. The monoisotopic (exact) mass is 709 g/mol. The van der Waals surface area contributed by atoms with Gasteiger partial charge in [0.2, 0.25) is 0 Å². The van der Waals surface area contributed by atoms with Crippen LogP contribution in [0.2, 0.25) is 0 Å². The van der Waals surface area contributed by atoms with E-state index in [0.717, 1.165) is 76.0 Å². The molecule has 0 heterocycles. The van der Waals surface area contributed by atoms with Gasteiger partial charge in [-0.2, -0.15) is 0 Å². The first kappa shape index (κ1) is 48.4. The van der Waals surface area contributed by atoms with E-state index in [9.17, 15) is 14.4 Å². The molecule has 296 valence electrons. The molecule has 0 N–H and O–H groups in total. The third-order valence-corrected chi connectivity index (χ3v) is 10.1. The Kier molecular flexibility index (Phi) is 36.0. The maximum atomic E-state index is 12.6. The lowest BCUT2D eigenvalue weighted by Gasteiger charge is -2.18. The molecule has 0 aromatic rings. The highest BCUT2D eigenvalue weighted by molar-refractivity contribution is 5.71. The quantitative estimate of drug-likeness (QED) is 0.0361. The molecule has 0 aliphatic carbocycles. The fraction of sp³-hybridized carbons (Fsp3) is 0.932. The molecule has 50 heavy (non-hydrogen) atoms. The van der Waals surface area contributed by atoms with Gasteiger partial charge >= 0.3 is 17.9 Å². The second kappa shape index (κ2) is 37.2. The van der Waals surface area contributed by atoms with Crippen molar-refractivity contribution in [3.05, 3.63) is 0 Å². The summed E-state index contributed by atoms with van der Waals surface area (Å²) in [4.78, 5) is 37.4. The van der Waals surface area contributed by atoms with Gasteiger partial charge in [-0.05, 0) is 31.1 Å². The fourth-order valence-electron chi connectivity index (χ4n) is 6.37. The minimum Gasteiger partial charge on any atom is -0.462 e. The Labute approximate surface area is 310 Å². The molecule has 0 saturated heterocycles. The number of ether oxygens (including phenoxy) is 3. The first-order chi connectivity index (χ1) is 24.3. The van der Waals surface area contributed by atoms with Crippen LogP contribution in [0.1, 0.15) is 234 Å². The van der Waals surface area contributed by atoms with Crippen LogP contribution in [0.25, 0.3) is 0 Å². The molecule has 2 atom stereocenters. The van der Waals surface area contributed by atoms with Crippen LogP contribution in [0.4, 0.5) is 0 Å². The number of rotatable bonds is 38. The summed E-state index contributed by atoms with van der Waals surface area (Å²) >= 11 is 0. The maximum Gasteiger partial charge on any atom is 0.306 e. The number of hydrogen-bond donors (Lipinski definition) is 0. The van der Waals surface area contributed by atoms with E-state index in [2.05, 4.69) is 34.6 Å². The average molecular weight is 709 g/mol. The van der Waals surface area contributed by atoms with Crippen molar-refractivity contribution in [3.63, 3.8) is 0 Å². The number of unbranched alkanes of at least 4 members (excludes halogenated alkanes) is 22. The van der Waals surface area contributed by atoms with Crippen molar-refractivity contribution in [2.24, 2.45) is 11.8 Å². The smallest absolute Gasteiger partial charge is 0.306 e. The predicted molar refractivity (Wildman–Crippen MR) is 210 cm³/mol. The second-order valence-electron chi connectivity index (χ2n) is 15.7. The van der Waals surface area contributed by atoms with Crippen molar-refractivity contribution in [1.82, 2.24) is 0 Å². The summed E-state index contributed by atoms with van der Waals surface area (Å²) in [6.07, 6.45) is 34.1. The molecule has 0 spiro atoms. The van der Waals surface area contributed by atoms with E-state index in [0.29, 0.717) is 19.3 Å². The van der Waals surface area contributed by atoms with Gasteiger partial charge < -0.3 is 14.2 Å². The van der Waals surface area contributed by atoms with Gasteiger partial charge in [0.25, 0.3) is 0 Å². The molecule has 0 fully saturated rings. The van der Waals surface area contributed by atoms with Crippen molar-refractivity contribution in [2.45, 2.75) is 240 Å². The van der Waals surface area contributed by atoms with Gasteiger partial charge in [-0.25, -0.2) is 0 Å². The van der Waals surface area contributed by atoms with Gasteiger partial charge in [-0.3, -0.25) is 14.4 Å². The predicted octanol–water partition coefficient (Wildman–Crippen LogP) is 13.4. The van der Waals surface area contributed by atoms with Crippen molar-refractivity contribution in [1.29, 1.82) is 0 Å². The normalized spacial score (nSPS) is 12.6. The van der Waals surface area contributed by atoms with E-state index in [1.807, 2.05) is 0 Å². The van der Waals surface area contributed by atoms with Crippen molar-refractivity contribution < 1.29 is 28.6 Å². The second-order valence-corrected chi connectivity index (χ2v) is 15.7. The fourth-order valence-corrected chi connectivity index (χ4v) is 6.37. The lowest BCUT2D eigenvalue weighted by molar-refractivity contribution is -0.167. The molecule has 0 saturated carbocycles. The van der Waals surface area contributed by atoms with Crippen LogP contribution in [0.15, 0.2) is 0 Å². The van der Waals surface area contributed by atoms with Gasteiger partial charge in [0.1, 0.15) is 13.2 Å². The van der Waals surface area contributed by atoms with E-state index in [1.54, 1.807) is 0 Å². The lowest BCUT2D eigenvalue weighted by atomic mass is 10.00. The van der Waals surface area contributed by atoms with Crippen molar-refractivity contribution in [2.75, 3.05) is 13.2 Å². The third-order valence-electron chi connectivity index (χ3n) is 10.1. The van der Waals surface area contributed by atoms with E-state index in [1.165, 1.54) is 116 Å². The molecular formula is C44H84O6. The molecule has 6 heteroatoms. The lowest BCUT2D eigenvalue weighted by Crippen LogP contribution is -2.30. The summed E-state index contributed by atoms with van der Waals surface area (Å²) in [5, 5.41) is 0. The van der Waals surface area contributed by atoms with Crippen LogP contribution in [-0.4, -0.2) is 37.2 Å².